The summed E-state index contributed by atoms with van der Waals surface area (Å²) >= 11 is 0. The number of hydrogen-bond acceptors (Lipinski definition) is 4. The second-order valence-electron chi connectivity index (χ2n) is 6.37. The van der Waals surface area contributed by atoms with Gasteiger partial charge >= 0.3 is 0 Å². The molecule has 21 heavy (non-hydrogen) atoms. The Morgan fingerprint density at radius 3 is 3.10 bits per heavy atom. The molecule has 0 fully saturated rings. The summed E-state index contributed by atoms with van der Waals surface area (Å²) in [5.41, 5.74) is 8.59. The monoisotopic (exact) mass is 287 g/mol. The van der Waals surface area contributed by atoms with Gasteiger partial charge in [-0.05, 0) is 24.5 Å². The highest BCUT2D eigenvalue weighted by Gasteiger charge is 2.52. The van der Waals surface area contributed by atoms with E-state index in [1.807, 2.05) is 12.1 Å². The predicted octanol–water partition coefficient (Wildman–Crippen LogP) is 2.20. The molecule has 3 N–H and O–H groups in total. The molecule has 1 aromatic carbocycles. The van der Waals surface area contributed by atoms with Gasteiger partial charge in [-0.15, -0.1) is 0 Å². The van der Waals surface area contributed by atoms with Gasteiger partial charge in [0.05, 0.1) is 18.6 Å². The van der Waals surface area contributed by atoms with Crippen molar-refractivity contribution >= 4 is 0 Å². The number of benzene rings is 1. The molecule has 4 nitrogen and oxygen atoms in total. The predicted molar refractivity (Wildman–Crippen MR) is 79.6 cm³/mol. The fourth-order valence-electron chi connectivity index (χ4n) is 4.22. The highest BCUT2D eigenvalue weighted by Crippen LogP contribution is 2.57. The third-order valence-electron chi connectivity index (χ3n) is 5.25. The van der Waals surface area contributed by atoms with E-state index in [-0.39, 0.29) is 17.6 Å². The van der Waals surface area contributed by atoms with E-state index < -0.39 is 6.10 Å². The fraction of sp³-hybridized carbons (Fsp3) is 0.529. The van der Waals surface area contributed by atoms with Crippen molar-refractivity contribution in [1.29, 1.82) is 0 Å². The van der Waals surface area contributed by atoms with E-state index in [0.717, 1.165) is 30.8 Å². The van der Waals surface area contributed by atoms with Crippen LogP contribution >= 0.6 is 0 Å². The molecule has 4 heteroatoms. The van der Waals surface area contributed by atoms with Crippen LogP contribution in [0.5, 0.6) is 11.5 Å². The zero-order valence-electron chi connectivity index (χ0n) is 12.2. The van der Waals surface area contributed by atoms with Crippen molar-refractivity contribution < 1.29 is 14.6 Å². The smallest absolute Gasteiger partial charge is 0.166 e. The SMILES string of the molecule is COc1ccc2c3c1OC1C[C@@H](O)C=CC31CCCC2N. The molecule has 3 unspecified atom stereocenters. The maximum atomic E-state index is 9.96. The molecule has 0 bridgehead atoms. The number of aliphatic hydroxyl groups is 1. The standard InChI is InChI=1S/C17H21NO3/c1-20-13-5-4-11-12(18)3-2-7-17-8-6-10(19)9-14(17)21-16(13)15(11)17/h4-6,8,10,12,14,19H,2-3,7,9,18H2,1H3/t10-,12?,14?,17?/m0/s1. The molecule has 1 heterocycles. The van der Waals surface area contributed by atoms with Gasteiger partial charge in [0.25, 0.3) is 0 Å². The Kier molecular flexibility index (Phi) is 2.81. The number of methoxy groups -OCH3 is 1. The topological polar surface area (TPSA) is 64.7 Å². The highest BCUT2D eigenvalue weighted by molar-refractivity contribution is 5.61. The summed E-state index contributed by atoms with van der Waals surface area (Å²) in [6.07, 6.45) is 7.31. The van der Waals surface area contributed by atoms with Crippen LogP contribution in [0.4, 0.5) is 0 Å². The van der Waals surface area contributed by atoms with Crippen molar-refractivity contribution in [3.05, 3.63) is 35.4 Å². The van der Waals surface area contributed by atoms with Crippen molar-refractivity contribution in [2.24, 2.45) is 5.73 Å². The minimum Gasteiger partial charge on any atom is -0.493 e. The average molecular weight is 287 g/mol. The first-order valence-corrected chi connectivity index (χ1v) is 7.67. The van der Waals surface area contributed by atoms with Crippen molar-refractivity contribution in [3.8, 4) is 11.5 Å². The Morgan fingerprint density at radius 2 is 2.29 bits per heavy atom. The summed E-state index contributed by atoms with van der Waals surface area (Å²) < 4.78 is 11.7. The Morgan fingerprint density at radius 1 is 1.43 bits per heavy atom. The van der Waals surface area contributed by atoms with Crippen LogP contribution in [0.25, 0.3) is 0 Å². The molecule has 4 rings (SSSR count). The minimum atomic E-state index is -0.429. The van der Waals surface area contributed by atoms with Crippen LogP contribution in [0, 0.1) is 0 Å². The number of rotatable bonds is 1. The van der Waals surface area contributed by atoms with Gasteiger partial charge in [-0.3, -0.25) is 0 Å². The number of nitrogens with two attached hydrogens (primary N) is 1. The summed E-state index contributed by atoms with van der Waals surface area (Å²) in [6, 6.07) is 4.08. The quantitative estimate of drug-likeness (QED) is 0.777. The maximum Gasteiger partial charge on any atom is 0.166 e. The van der Waals surface area contributed by atoms with Crippen LogP contribution in [-0.2, 0) is 5.41 Å². The zero-order valence-corrected chi connectivity index (χ0v) is 12.2. The van der Waals surface area contributed by atoms with Crippen molar-refractivity contribution in [1.82, 2.24) is 0 Å². The molecule has 3 aliphatic rings. The van der Waals surface area contributed by atoms with Gasteiger partial charge in [0.1, 0.15) is 6.10 Å². The van der Waals surface area contributed by atoms with Crippen LogP contribution in [0.2, 0.25) is 0 Å². The molecule has 2 aliphatic carbocycles. The molecule has 0 saturated heterocycles. The van der Waals surface area contributed by atoms with Crippen LogP contribution in [-0.4, -0.2) is 24.4 Å². The lowest BCUT2D eigenvalue weighted by Gasteiger charge is -2.35. The molecular weight excluding hydrogens is 266 g/mol. The van der Waals surface area contributed by atoms with Gasteiger partial charge in [-0.2, -0.15) is 0 Å². The van der Waals surface area contributed by atoms with E-state index in [0.29, 0.717) is 6.42 Å². The summed E-state index contributed by atoms with van der Waals surface area (Å²) in [7, 11) is 1.66. The lowest BCUT2D eigenvalue weighted by molar-refractivity contribution is 0.0841. The fourth-order valence-corrected chi connectivity index (χ4v) is 4.22. The van der Waals surface area contributed by atoms with Crippen LogP contribution < -0.4 is 15.2 Å². The second-order valence-corrected chi connectivity index (χ2v) is 6.37. The average Bonchev–Trinajstić information content (AvgIpc) is 2.73. The molecule has 112 valence electrons. The van der Waals surface area contributed by atoms with Crippen LogP contribution in [0.15, 0.2) is 24.3 Å². The molecule has 0 saturated carbocycles. The van der Waals surface area contributed by atoms with E-state index >= 15 is 0 Å². The first-order chi connectivity index (χ1) is 10.2. The molecule has 1 aromatic rings. The van der Waals surface area contributed by atoms with Gasteiger partial charge in [0.2, 0.25) is 0 Å². The number of hydrogen-bond donors (Lipinski definition) is 2. The molecule has 1 aliphatic heterocycles. The third-order valence-corrected chi connectivity index (χ3v) is 5.25. The summed E-state index contributed by atoms with van der Waals surface area (Å²) in [4.78, 5) is 0. The molecule has 0 amide bonds. The first-order valence-electron chi connectivity index (χ1n) is 7.67. The Balaban J connectivity index is 1.98. The zero-order chi connectivity index (χ0) is 14.6. The van der Waals surface area contributed by atoms with Crippen LogP contribution in [0.3, 0.4) is 0 Å². The lowest BCUT2D eigenvalue weighted by atomic mass is 9.69. The Labute approximate surface area is 124 Å². The van der Waals surface area contributed by atoms with Gasteiger partial charge in [-0.1, -0.05) is 24.6 Å². The van der Waals surface area contributed by atoms with Crippen molar-refractivity contribution in [2.45, 2.75) is 49.3 Å². The molecular formula is C17H21NO3. The van der Waals surface area contributed by atoms with E-state index in [1.165, 1.54) is 11.1 Å². The maximum absolute atomic E-state index is 9.96. The molecule has 0 radical (unpaired) electrons. The molecule has 4 atom stereocenters. The third kappa shape index (κ3) is 1.69. The second kappa shape index (κ2) is 4.49. The molecule has 0 aromatic heterocycles. The van der Waals surface area contributed by atoms with E-state index in [2.05, 4.69) is 12.1 Å². The van der Waals surface area contributed by atoms with Crippen molar-refractivity contribution in [3.63, 3.8) is 0 Å². The van der Waals surface area contributed by atoms with E-state index in [1.54, 1.807) is 7.11 Å². The Bertz CT molecular complexity index is 612. The van der Waals surface area contributed by atoms with Gasteiger partial charge in [0.15, 0.2) is 11.5 Å². The largest absolute Gasteiger partial charge is 0.493 e. The Hall–Kier alpha value is -1.52. The number of ether oxygens (including phenoxy) is 2. The van der Waals surface area contributed by atoms with E-state index in [9.17, 15) is 5.11 Å². The minimum absolute atomic E-state index is 0.0205. The summed E-state index contributed by atoms with van der Waals surface area (Å²) in [5, 5.41) is 9.96. The van der Waals surface area contributed by atoms with Gasteiger partial charge in [0, 0.05) is 18.0 Å². The van der Waals surface area contributed by atoms with Crippen molar-refractivity contribution in [2.75, 3.05) is 7.11 Å². The molecule has 1 spiro atoms. The summed E-state index contributed by atoms with van der Waals surface area (Å²) in [5.74, 6) is 1.59. The number of aliphatic hydroxyl groups excluding tert-OH is 1. The lowest BCUT2D eigenvalue weighted by Crippen LogP contribution is -2.41. The normalized spacial score (nSPS) is 36.4. The van der Waals surface area contributed by atoms with Gasteiger partial charge < -0.3 is 20.3 Å². The summed E-state index contributed by atoms with van der Waals surface area (Å²) in [6.45, 7) is 0. The van der Waals surface area contributed by atoms with E-state index in [4.69, 9.17) is 15.2 Å². The first kappa shape index (κ1) is 13.2. The van der Waals surface area contributed by atoms with Crippen LogP contribution in [0.1, 0.15) is 42.9 Å². The highest BCUT2D eigenvalue weighted by atomic mass is 16.5. The van der Waals surface area contributed by atoms with Gasteiger partial charge in [-0.25, -0.2) is 0 Å².